The van der Waals surface area contributed by atoms with Gasteiger partial charge in [-0.05, 0) is 49.7 Å². The molecule has 0 saturated carbocycles. The van der Waals surface area contributed by atoms with E-state index in [1.165, 1.54) is 14.2 Å². The minimum absolute atomic E-state index is 0.0559. The molecule has 0 spiro atoms. The van der Waals surface area contributed by atoms with Gasteiger partial charge in [0.05, 0.1) is 19.2 Å². The molecule has 0 fully saturated rings. The van der Waals surface area contributed by atoms with E-state index in [0.29, 0.717) is 34.1 Å². The van der Waals surface area contributed by atoms with Crippen LogP contribution in [0.1, 0.15) is 36.9 Å². The molecule has 4 rings (SSSR count). The Bertz CT molecular complexity index is 1330. The van der Waals surface area contributed by atoms with Crippen LogP contribution in [0.3, 0.4) is 0 Å². The van der Waals surface area contributed by atoms with Gasteiger partial charge in [0.2, 0.25) is 0 Å². The summed E-state index contributed by atoms with van der Waals surface area (Å²) in [7, 11) is -1.35. The summed E-state index contributed by atoms with van der Waals surface area (Å²) < 4.78 is 31.9. The van der Waals surface area contributed by atoms with Crippen LogP contribution in [0.5, 0.6) is 0 Å². The molecule has 0 radical (unpaired) electrons. The molecule has 0 saturated heterocycles. The third-order valence-electron chi connectivity index (χ3n) is 5.45. The number of H-pyrrole nitrogens is 1. The average Bonchev–Trinajstić information content (AvgIpc) is 3.31. The van der Waals surface area contributed by atoms with Crippen LogP contribution in [0, 0.1) is 6.92 Å². The molecule has 3 aromatic rings. The molecule has 2 aromatic heterocycles. The number of carbonyl (C=O) groups is 2. The van der Waals surface area contributed by atoms with Gasteiger partial charge in [-0.25, -0.2) is 17.9 Å². The van der Waals surface area contributed by atoms with Gasteiger partial charge in [-0.1, -0.05) is 11.6 Å². The Kier molecular flexibility index (Phi) is 5.59. The van der Waals surface area contributed by atoms with Gasteiger partial charge in [-0.15, -0.1) is 11.3 Å². The maximum Gasteiger partial charge on any atom is 0.340 e. The molecule has 0 bridgehead atoms. The van der Waals surface area contributed by atoms with E-state index >= 15 is 0 Å². The highest BCUT2D eigenvalue weighted by molar-refractivity contribution is 7.91. The second-order valence-electron chi connectivity index (χ2n) is 7.16. The lowest BCUT2D eigenvalue weighted by atomic mass is 10.0. The molecule has 1 amide bonds. The number of halogens is 1. The lowest BCUT2D eigenvalue weighted by Crippen LogP contribution is -2.36. The number of ether oxygens (including phenoxy) is 1. The Balaban J connectivity index is 1.72. The van der Waals surface area contributed by atoms with Gasteiger partial charge in [0.25, 0.3) is 15.9 Å². The number of rotatable bonds is 4. The number of aromatic amines is 1. The fraction of sp³-hybridized carbons (Fsp3) is 0.300. The molecule has 8 nitrogen and oxygen atoms in total. The van der Waals surface area contributed by atoms with Crippen molar-refractivity contribution in [1.82, 2.24) is 14.6 Å². The standard InChI is InChI=1S/C20H20ClN3O5S2/c1-10-13-8-11(21)4-5-14(13)23-17(10)18(25)24-7-6-12-15(9-24)30-20(31(27,28)22-2)16(12)19(26)29-3/h4-5,8,22-23H,6-7,9H2,1-3H3. The predicted molar refractivity (Wildman–Crippen MR) is 118 cm³/mol. The Labute approximate surface area is 188 Å². The average molecular weight is 482 g/mol. The maximum absolute atomic E-state index is 13.3. The van der Waals surface area contributed by atoms with Crippen LogP contribution in [0.25, 0.3) is 10.9 Å². The van der Waals surface area contributed by atoms with Crippen LogP contribution in [0.15, 0.2) is 22.4 Å². The predicted octanol–water partition coefficient (Wildman–Crippen LogP) is 3.08. The molecule has 0 aliphatic carbocycles. The lowest BCUT2D eigenvalue weighted by molar-refractivity contribution is 0.0595. The van der Waals surface area contributed by atoms with Crippen LogP contribution in [-0.4, -0.2) is 50.9 Å². The van der Waals surface area contributed by atoms with Crippen molar-refractivity contribution >= 4 is 55.7 Å². The number of nitrogens with one attached hydrogen (secondary N) is 2. The van der Waals surface area contributed by atoms with Crippen LogP contribution >= 0.6 is 22.9 Å². The lowest BCUT2D eigenvalue weighted by Gasteiger charge is -2.27. The number of benzene rings is 1. The first-order valence-corrected chi connectivity index (χ1v) is 12.1. The fourth-order valence-electron chi connectivity index (χ4n) is 3.81. The number of hydrogen-bond donors (Lipinski definition) is 2. The van der Waals surface area contributed by atoms with Gasteiger partial charge in [0.1, 0.15) is 9.90 Å². The zero-order chi connectivity index (χ0) is 22.5. The normalized spacial score (nSPS) is 14.0. The summed E-state index contributed by atoms with van der Waals surface area (Å²) in [6, 6.07) is 5.39. The molecule has 1 aliphatic heterocycles. The minimum Gasteiger partial charge on any atom is -0.465 e. The van der Waals surface area contributed by atoms with Gasteiger partial charge >= 0.3 is 5.97 Å². The van der Waals surface area contributed by atoms with Crippen molar-refractivity contribution in [2.75, 3.05) is 20.7 Å². The zero-order valence-corrected chi connectivity index (χ0v) is 19.4. The molecule has 0 atom stereocenters. The molecule has 1 aliphatic rings. The molecule has 3 heterocycles. The van der Waals surface area contributed by atoms with Gasteiger partial charge in [0.15, 0.2) is 0 Å². The van der Waals surface area contributed by atoms with E-state index in [9.17, 15) is 18.0 Å². The number of methoxy groups -OCH3 is 1. The van der Waals surface area contributed by atoms with E-state index < -0.39 is 16.0 Å². The summed E-state index contributed by atoms with van der Waals surface area (Å²) in [5, 5.41) is 1.46. The SMILES string of the molecule is CNS(=O)(=O)c1sc2c(c1C(=O)OC)CCN(C(=O)c1[nH]c3ccc(Cl)cc3c1C)C2. The number of carbonyl (C=O) groups excluding carboxylic acids is 2. The smallest absolute Gasteiger partial charge is 0.340 e. The van der Waals surface area contributed by atoms with Crippen molar-refractivity contribution in [1.29, 1.82) is 0 Å². The highest BCUT2D eigenvalue weighted by atomic mass is 35.5. The number of aryl methyl sites for hydroxylation is 1. The second kappa shape index (κ2) is 7.94. The van der Waals surface area contributed by atoms with Crippen LogP contribution in [0.4, 0.5) is 0 Å². The van der Waals surface area contributed by atoms with Gasteiger partial charge < -0.3 is 14.6 Å². The fourth-order valence-corrected chi connectivity index (χ4v) is 6.72. The van der Waals surface area contributed by atoms with E-state index in [1.54, 1.807) is 11.0 Å². The first-order chi connectivity index (χ1) is 14.7. The van der Waals surface area contributed by atoms with Crippen LogP contribution in [-0.2, 0) is 27.7 Å². The highest BCUT2D eigenvalue weighted by Gasteiger charge is 2.35. The Hall–Kier alpha value is -2.40. The molecule has 0 unspecified atom stereocenters. The minimum atomic E-state index is -3.85. The number of nitrogens with zero attached hydrogens (tertiary/aromatic N) is 1. The number of hydrogen-bond acceptors (Lipinski definition) is 6. The van der Waals surface area contributed by atoms with E-state index in [0.717, 1.165) is 27.8 Å². The number of fused-ring (bicyclic) bond motifs is 2. The first kappa shape index (κ1) is 21.8. The zero-order valence-electron chi connectivity index (χ0n) is 17.0. The summed E-state index contributed by atoms with van der Waals surface area (Å²) in [5.41, 5.74) is 2.76. The van der Waals surface area contributed by atoms with Crippen molar-refractivity contribution in [3.05, 3.63) is 50.5 Å². The van der Waals surface area contributed by atoms with Crippen molar-refractivity contribution in [2.24, 2.45) is 0 Å². The van der Waals surface area contributed by atoms with Gasteiger partial charge in [-0.3, -0.25) is 4.79 Å². The molecular weight excluding hydrogens is 462 g/mol. The third kappa shape index (κ3) is 3.63. The van der Waals surface area contributed by atoms with E-state index in [1.807, 2.05) is 19.1 Å². The van der Waals surface area contributed by atoms with Crippen molar-refractivity contribution in [2.45, 2.75) is 24.1 Å². The Morgan fingerprint density at radius 3 is 2.74 bits per heavy atom. The van der Waals surface area contributed by atoms with Crippen LogP contribution in [0.2, 0.25) is 5.02 Å². The van der Waals surface area contributed by atoms with E-state index in [-0.39, 0.29) is 22.2 Å². The Morgan fingerprint density at radius 2 is 2.06 bits per heavy atom. The van der Waals surface area contributed by atoms with Crippen molar-refractivity contribution in [3.63, 3.8) is 0 Å². The number of thiophene rings is 1. The summed E-state index contributed by atoms with van der Waals surface area (Å²) >= 11 is 7.08. The quantitative estimate of drug-likeness (QED) is 0.556. The van der Waals surface area contributed by atoms with Gasteiger partial charge in [-0.2, -0.15) is 0 Å². The maximum atomic E-state index is 13.3. The summed E-state index contributed by atoms with van der Waals surface area (Å²) in [6.07, 6.45) is 0.354. The number of aromatic nitrogens is 1. The second-order valence-corrected chi connectivity index (χ2v) is 10.8. The molecule has 164 valence electrons. The topological polar surface area (TPSA) is 109 Å². The summed E-state index contributed by atoms with van der Waals surface area (Å²) in [6.45, 7) is 2.41. The molecule has 1 aromatic carbocycles. The van der Waals surface area contributed by atoms with Crippen LogP contribution < -0.4 is 4.72 Å². The van der Waals surface area contributed by atoms with Gasteiger partial charge in [0, 0.05) is 27.3 Å². The molecular formula is C20H20ClN3O5S2. The van der Waals surface area contributed by atoms with E-state index in [2.05, 4.69) is 9.71 Å². The molecule has 2 N–H and O–H groups in total. The number of amides is 1. The Morgan fingerprint density at radius 1 is 1.32 bits per heavy atom. The summed E-state index contributed by atoms with van der Waals surface area (Å²) in [4.78, 5) is 31.1. The van der Waals surface area contributed by atoms with Crippen molar-refractivity contribution in [3.8, 4) is 0 Å². The third-order valence-corrected chi connectivity index (χ3v) is 8.83. The van der Waals surface area contributed by atoms with E-state index in [4.69, 9.17) is 16.3 Å². The number of sulfonamides is 1. The highest BCUT2D eigenvalue weighted by Crippen LogP contribution is 2.37. The molecule has 31 heavy (non-hydrogen) atoms. The first-order valence-electron chi connectivity index (χ1n) is 9.41. The largest absolute Gasteiger partial charge is 0.465 e. The molecule has 11 heteroatoms. The summed E-state index contributed by atoms with van der Waals surface area (Å²) in [5.74, 6) is -0.893. The number of esters is 1. The monoisotopic (exact) mass is 481 g/mol. The van der Waals surface area contributed by atoms with Crippen molar-refractivity contribution < 1.29 is 22.7 Å².